The zero-order valence-corrected chi connectivity index (χ0v) is 25.0. The van der Waals surface area contributed by atoms with Crippen molar-refractivity contribution >= 4 is 56.4 Å². The monoisotopic (exact) mass is 620 g/mol. The van der Waals surface area contributed by atoms with E-state index in [2.05, 4.69) is 5.32 Å². The molecule has 1 atom stereocenters. The number of nitro benzene ring substituents is 1. The Labute approximate surface area is 249 Å². The van der Waals surface area contributed by atoms with Gasteiger partial charge in [0, 0.05) is 47.3 Å². The number of aryl methyl sites for hydroxylation is 1. The maximum atomic E-state index is 14.1. The van der Waals surface area contributed by atoms with E-state index in [1.807, 2.05) is 18.2 Å². The third kappa shape index (κ3) is 8.18. The van der Waals surface area contributed by atoms with E-state index in [9.17, 15) is 28.1 Å². The average Bonchev–Trinajstić information content (AvgIpc) is 2.91. The molecule has 41 heavy (non-hydrogen) atoms. The minimum Gasteiger partial charge on any atom is -0.355 e. The smallest absolute Gasteiger partial charge is 0.271 e. The number of carbonyl (C=O) groups is 2. The van der Waals surface area contributed by atoms with Gasteiger partial charge >= 0.3 is 0 Å². The van der Waals surface area contributed by atoms with Crippen LogP contribution in [0.3, 0.4) is 0 Å². The van der Waals surface area contributed by atoms with Gasteiger partial charge in [-0.15, -0.1) is 0 Å². The number of likely N-dealkylation sites (N-methyl/N-ethyl adjacent to an activating group) is 1. The summed E-state index contributed by atoms with van der Waals surface area (Å²) in [4.78, 5) is 39.5. The summed E-state index contributed by atoms with van der Waals surface area (Å²) in [7, 11) is -4.11. The number of halogens is 2. The van der Waals surface area contributed by atoms with Crippen LogP contribution in [0.2, 0.25) is 10.0 Å². The van der Waals surface area contributed by atoms with Gasteiger partial charge in [0.15, 0.2) is 0 Å². The molecule has 0 fully saturated rings. The minimum atomic E-state index is -4.11. The number of hydrogen-bond donors (Lipinski definition) is 1. The predicted octanol–water partition coefficient (Wildman–Crippen LogP) is 4.75. The molecule has 0 aliphatic rings. The summed E-state index contributed by atoms with van der Waals surface area (Å²) in [6, 6.07) is 16.6. The summed E-state index contributed by atoms with van der Waals surface area (Å²) in [6.07, 6.45) is 1.02. The van der Waals surface area contributed by atoms with Gasteiger partial charge in [-0.05, 0) is 37.1 Å². The Kier molecular flexibility index (Phi) is 10.7. The molecule has 0 aliphatic carbocycles. The molecule has 3 rings (SSSR count). The zero-order chi connectivity index (χ0) is 30.3. The van der Waals surface area contributed by atoms with Crippen LogP contribution in [0.15, 0.2) is 66.7 Å². The number of sulfonamides is 1. The van der Waals surface area contributed by atoms with Gasteiger partial charge < -0.3 is 10.2 Å². The van der Waals surface area contributed by atoms with Crippen LogP contribution in [0, 0.1) is 17.0 Å². The fourth-order valence-electron chi connectivity index (χ4n) is 4.27. The number of hydrogen-bond acceptors (Lipinski definition) is 6. The van der Waals surface area contributed by atoms with Crippen molar-refractivity contribution in [3.05, 3.63) is 104 Å². The van der Waals surface area contributed by atoms with E-state index in [0.29, 0.717) is 17.7 Å². The van der Waals surface area contributed by atoms with Crippen LogP contribution < -0.4 is 9.62 Å². The van der Waals surface area contributed by atoms with E-state index < -0.39 is 39.3 Å². The van der Waals surface area contributed by atoms with Gasteiger partial charge in [-0.1, -0.05) is 65.7 Å². The highest BCUT2D eigenvalue weighted by Gasteiger charge is 2.34. The molecule has 218 valence electrons. The summed E-state index contributed by atoms with van der Waals surface area (Å²) < 4.78 is 26.7. The number of benzene rings is 3. The molecule has 0 aromatic heterocycles. The number of non-ortho nitro benzene ring substituents is 1. The summed E-state index contributed by atoms with van der Waals surface area (Å²) in [5.41, 5.74) is 1.18. The van der Waals surface area contributed by atoms with Crippen molar-refractivity contribution in [3.63, 3.8) is 0 Å². The molecule has 10 nitrogen and oxygen atoms in total. The third-order valence-corrected chi connectivity index (χ3v) is 8.20. The summed E-state index contributed by atoms with van der Waals surface area (Å²) in [6.45, 7) is 2.69. The van der Waals surface area contributed by atoms with E-state index >= 15 is 0 Å². The first kappa shape index (κ1) is 31.9. The van der Waals surface area contributed by atoms with Crippen molar-refractivity contribution in [2.45, 2.75) is 32.9 Å². The van der Waals surface area contributed by atoms with E-state index in [1.165, 1.54) is 17.0 Å². The van der Waals surface area contributed by atoms with Crippen molar-refractivity contribution in [3.8, 4) is 0 Å². The first-order valence-electron chi connectivity index (χ1n) is 12.6. The molecule has 0 heterocycles. The van der Waals surface area contributed by atoms with Crippen LogP contribution in [-0.2, 0) is 32.6 Å². The van der Waals surface area contributed by atoms with Crippen LogP contribution in [0.5, 0.6) is 0 Å². The molecule has 13 heteroatoms. The standard InChI is InChI=1S/C28H30Cl2N4O6S/c1-4-31-28(36)26(15-20-9-6-5-7-10-20)32(17-22-23(29)11-8-12-24(22)30)27(35)18-33(41(3,39)40)25-16-21(34(37)38)14-13-19(25)2/h5-14,16,26H,4,15,17-18H2,1-3H3,(H,31,36)/t26-/m0/s1. The van der Waals surface area contributed by atoms with Crippen molar-refractivity contribution in [2.75, 3.05) is 23.7 Å². The second kappa shape index (κ2) is 13.8. The number of anilines is 1. The molecule has 0 spiro atoms. The molecular formula is C28H30Cl2N4O6S. The molecular weight excluding hydrogens is 591 g/mol. The fraction of sp³-hybridized carbons (Fsp3) is 0.286. The molecule has 0 unspecified atom stereocenters. The quantitative estimate of drug-likeness (QED) is 0.230. The topological polar surface area (TPSA) is 130 Å². The average molecular weight is 622 g/mol. The molecule has 0 saturated heterocycles. The highest BCUT2D eigenvalue weighted by atomic mass is 35.5. The van der Waals surface area contributed by atoms with Gasteiger partial charge in [-0.25, -0.2) is 8.42 Å². The second-order valence-electron chi connectivity index (χ2n) is 9.32. The molecule has 0 saturated carbocycles. The van der Waals surface area contributed by atoms with Gasteiger partial charge in [0.05, 0.1) is 16.9 Å². The lowest BCUT2D eigenvalue weighted by Gasteiger charge is -2.34. The van der Waals surface area contributed by atoms with E-state index in [4.69, 9.17) is 23.2 Å². The molecule has 0 radical (unpaired) electrons. The van der Waals surface area contributed by atoms with E-state index in [1.54, 1.807) is 44.2 Å². The van der Waals surface area contributed by atoms with Crippen molar-refractivity contribution < 1.29 is 22.9 Å². The number of nitro groups is 1. The number of carbonyl (C=O) groups excluding carboxylic acids is 2. The maximum Gasteiger partial charge on any atom is 0.271 e. The summed E-state index contributed by atoms with van der Waals surface area (Å²) in [5, 5.41) is 14.7. The van der Waals surface area contributed by atoms with Crippen LogP contribution in [0.25, 0.3) is 0 Å². The summed E-state index contributed by atoms with van der Waals surface area (Å²) >= 11 is 12.9. The van der Waals surface area contributed by atoms with Gasteiger partial charge in [0.2, 0.25) is 21.8 Å². The van der Waals surface area contributed by atoms with Gasteiger partial charge in [-0.3, -0.25) is 24.0 Å². The predicted molar refractivity (Wildman–Crippen MR) is 160 cm³/mol. The van der Waals surface area contributed by atoms with E-state index in [0.717, 1.165) is 22.2 Å². The Morgan fingerprint density at radius 2 is 1.66 bits per heavy atom. The molecule has 3 aromatic carbocycles. The van der Waals surface area contributed by atoms with E-state index in [-0.39, 0.29) is 34.4 Å². The first-order valence-corrected chi connectivity index (χ1v) is 15.2. The van der Waals surface area contributed by atoms with Gasteiger partial charge in [0.1, 0.15) is 12.6 Å². The molecule has 0 bridgehead atoms. The lowest BCUT2D eigenvalue weighted by atomic mass is 10.0. The summed E-state index contributed by atoms with van der Waals surface area (Å²) in [5.74, 6) is -1.19. The molecule has 1 N–H and O–H groups in total. The van der Waals surface area contributed by atoms with Crippen molar-refractivity contribution in [1.29, 1.82) is 0 Å². The van der Waals surface area contributed by atoms with Crippen molar-refractivity contribution in [1.82, 2.24) is 10.2 Å². The second-order valence-corrected chi connectivity index (χ2v) is 12.0. The normalized spacial score (nSPS) is 11.9. The Morgan fingerprint density at radius 3 is 2.22 bits per heavy atom. The minimum absolute atomic E-state index is 0.0246. The zero-order valence-electron chi connectivity index (χ0n) is 22.7. The largest absolute Gasteiger partial charge is 0.355 e. The molecule has 0 aliphatic heterocycles. The number of amides is 2. The van der Waals surface area contributed by atoms with Crippen LogP contribution in [0.4, 0.5) is 11.4 Å². The third-order valence-electron chi connectivity index (χ3n) is 6.36. The first-order chi connectivity index (χ1) is 19.3. The van der Waals surface area contributed by atoms with Crippen LogP contribution in [0.1, 0.15) is 23.6 Å². The number of rotatable bonds is 12. The van der Waals surface area contributed by atoms with Gasteiger partial charge in [0.25, 0.3) is 5.69 Å². The van der Waals surface area contributed by atoms with Gasteiger partial charge in [-0.2, -0.15) is 0 Å². The Balaban J connectivity index is 2.14. The number of nitrogens with zero attached hydrogens (tertiary/aromatic N) is 3. The SMILES string of the molecule is CCNC(=O)[C@H](Cc1ccccc1)N(Cc1c(Cl)cccc1Cl)C(=O)CN(c1cc([N+](=O)[O-])ccc1C)S(C)(=O)=O. The van der Waals surface area contributed by atoms with Crippen LogP contribution >= 0.6 is 23.2 Å². The maximum absolute atomic E-state index is 14.1. The highest BCUT2D eigenvalue weighted by Crippen LogP contribution is 2.30. The Hall–Kier alpha value is -3.67. The molecule has 2 amide bonds. The Morgan fingerprint density at radius 1 is 1.02 bits per heavy atom. The molecule has 3 aromatic rings. The fourth-order valence-corrected chi connectivity index (χ4v) is 5.69. The lowest BCUT2D eigenvalue weighted by Crippen LogP contribution is -2.53. The Bertz CT molecular complexity index is 1520. The van der Waals surface area contributed by atoms with Crippen molar-refractivity contribution in [2.24, 2.45) is 0 Å². The number of nitrogens with one attached hydrogen (secondary N) is 1. The highest BCUT2D eigenvalue weighted by molar-refractivity contribution is 7.92. The van der Waals surface area contributed by atoms with Crippen LogP contribution in [-0.4, -0.2) is 55.4 Å². The lowest BCUT2D eigenvalue weighted by molar-refractivity contribution is -0.384.